The number of halogens is 1. The number of rotatable bonds is 4. The molecule has 1 aliphatic carbocycles. The van der Waals surface area contributed by atoms with E-state index in [2.05, 4.69) is 6.92 Å². The Morgan fingerprint density at radius 3 is 2.61 bits per heavy atom. The summed E-state index contributed by atoms with van der Waals surface area (Å²) in [6.45, 7) is 3.46. The van der Waals surface area contributed by atoms with E-state index >= 15 is 0 Å². The summed E-state index contributed by atoms with van der Waals surface area (Å²) in [5, 5.41) is 0.766. The van der Waals surface area contributed by atoms with Crippen LogP contribution in [-0.2, 0) is 17.9 Å². The van der Waals surface area contributed by atoms with Gasteiger partial charge in [0.1, 0.15) is 0 Å². The Morgan fingerprint density at radius 2 is 2.00 bits per heavy atom. The molecule has 1 saturated carbocycles. The monoisotopic (exact) mass is 267 g/mol. The highest BCUT2D eigenvalue weighted by molar-refractivity contribution is 6.31. The second kappa shape index (κ2) is 6.55. The smallest absolute Gasteiger partial charge is 0.0735 e. The van der Waals surface area contributed by atoms with Crippen molar-refractivity contribution < 1.29 is 4.74 Å². The molecule has 18 heavy (non-hydrogen) atoms. The lowest BCUT2D eigenvalue weighted by atomic mass is 9.89. The van der Waals surface area contributed by atoms with Crippen LogP contribution in [0.2, 0.25) is 5.02 Å². The quantitative estimate of drug-likeness (QED) is 0.898. The molecule has 1 fully saturated rings. The lowest BCUT2D eigenvalue weighted by Gasteiger charge is -2.26. The molecule has 2 nitrogen and oxygen atoms in total. The Hall–Kier alpha value is -0.570. The third-order valence-electron chi connectivity index (χ3n) is 3.79. The first-order chi connectivity index (χ1) is 8.69. The SMILES string of the molecule is CC1CCC(OCc2ccc(CN)cc2Cl)CC1. The standard InChI is InChI=1S/C15H22ClNO/c1-11-2-6-14(7-3-11)18-10-13-5-4-12(9-17)8-15(13)16/h4-5,8,11,14H,2-3,6-7,9-10,17H2,1H3. The molecule has 0 amide bonds. The normalized spacial score (nSPS) is 24.2. The fraction of sp³-hybridized carbons (Fsp3) is 0.600. The highest BCUT2D eigenvalue weighted by atomic mass is 35.5. The Balaban J connectivity index is 1.86. The first kappa shape index (κ1) is 13.9. The van der Waals surface area contributed by atoms with Crippen molar-refractivity contribution >= 4 is 11.6 Å². The summed E-state index contributed by atoms with van der Waals surface area (Å²) in [5.74, 6) is 0.859. The number of benzene rings is 1. The van der Waals surface area contributed by atoms with Gasteiger partial charge in [-0.1, -0.05) is 30.7 Å². The largest absolute Gasteiger partial charge is 0.373 e. The molecule has 3 heteroatoms. The summed E-state index contributed by atoms with van der Waals surface area (Å²) in [7, 11) is 0. The van der Waals surface area contributed by atoms with Gasteiger partial charge in [0.25, 0.3) is 0 Å². The maximum Gasteiger partial charge on any atom is 0.0735 e. The van der Waals surface area contributed by atoms with E-state index in [1.165, 1.54) is 25.7 Å². The van der Waals surface area contributed by atoms with Crippen molar-refractivity contribution in [1.29, 1.82) is 0 Å². The highest BCUT2D eigenvalue weighted by Gasteiger charge is 2.18. The molecule has 0 bridgehead atoms. The van der Waals surface area contributed by atoms with Gasteiger partial charge in [-0.05, 0) is 48.8 Å². The van der Waals surface area contributed by atoms with Gasteiger partial charge in [-0.2, -0.15) is 0 Å². The molecule has 1 aliphatic rings. The van der Waals surface area contributed by atoms with Crippen molar-refractivity contribution in [3.05, 3.63) is 34.3 Å². The summed E-state index contributed by atoms with van der Waals surface area (Å²) in [6, 6.07) is 5.98. The zero-order chi connectivity index (χ0) is 13.0. The number of hydrogen-bond donors (Lipinski definition) is 1. The van der Waals surface area contributed by atoms with E-state index in [1.807, 2.05) is 18.2 Å². The molecule has 0 spiro atoms. The minimum absolute atomic E-state index is 0.409. The van der Waals surface area contributed by atoms with Crippen molar-refractivity contribution in [2.45, 2.75) is 51.9 Å². The first-order valence-electron chi connectivity index (χ1n) is 6.78. The van der Waals surface area contributed by atoms with Crippen LogP contribution in [0.4, 0.5) is 0 Å². The van der Waals surface area contributed by atoms with E-state index in [0.717, 1.165) is 22.1 Å². The molecule has 0 saturated heterocycles. The van der Waals surface area contributed by atoms with Crippen LogP contribution >= 0.6 is 11.6 Å². The zero-order valence-electron chi connectivity index (χ0n) is 11.0. The van der Waals surface area contributed by atoms with Crippen LogP contribution in [0.15, 0.2) is 18.2 Å². The van der Waals surface area contributed by atoms with Crippen LogP contribution < -0.4 is 5.73 Å². The second-order valence-corrected chi connectivity index (χ2v) is 5.73. The Kier molecular flexibility index (Phi) is 5.04. The van der Waals surface area contributed by atoms with E-state index in [1.54, 1.807) is 0 Å². The zero-order valence-corrected chi connectivity index (χ0v) is 11.7. The van der Waals surface area contributed by atoms with E-state index < -0.39 is 0 Å². The molecule has 1 aromatic rings. The van der Waals surface area contributed by atoms with E-state index in [9.17, 15) is 0 Å². The Bertz CT molecular complexity index is 386. The lowest BCUT2D eigenvalue weighted by Crippen LogP contribution is -2.20. The topological polar surface area (TPSA) is 35.2 Å². The average Bonchev–Trinajstić information content (AvgIpc) is 2.39. The van der Waals surface area contributed by atoms with Crippen LogP contribution in [0, 0.1) is 5.92 Å². The number of ether oxygens (including phenoxy) is 1. The van der Waals surface area contributed by atoms with Crippen LogP contribution in [-0.4, -0.2) is 6.10 Å². The maximum atomic E-state index is 6.21. The van der Waals surface area contributed by atoms with Crippen LogP contribution in [0.1, 0.15) is 43.7 Å². The fourth-order valence-corrected chi connectivity index (χ4v) is 2.70. The molecule has 0 radical (unpaired) electrons. The molecule has 0 heterocycles. The average molecular weight is 268 g/mol. The van der Waals surface area contributed by atoms with Gasteiger partial charge in [0.05, 0.1) is 12.7 Å². The summed E-state index contributed by atoms with van der Waals surface area (Å²) in [4.78, 5) is 0. The van der Waals surface area contributed by atoms with Gasteiger partial charge in [-0.25, -0.2) is 0 Å². The summed E-state index contributed by atoms with van der Waals surface area (Å²) >= 11 is 6.21. The first-order valence-corrected chi connectivity index (χ1v) is 7.16. The van der Waals surface area contributed by atoms with Crippen molar-refractivity contribution in [3.63, 3.8) is 0 Å². The predicted octanol–water partition coefficient (Wildman–Crippen LogP) is 3.89. The van der Waals surface area contributed by atoms with Gasteiger partial charge in [-0.15, -0.1) is 0 Å². The highest BCUT2D eigenvalue weighted by Crippen LogP contribution is 2.27. The second-order valence-electron chi connectivity index (χ2n) is 5.32. The number of hydrogen-bond acceptors (Lipinski definition) is 2. The molecule has 0 atom stereocenters. The van der Waals surface area contributed by atoms with Crippen LogP contribution in [0.25, 0.3) is 0 Å². The van der Waals surface area contributed by atoms with Gasteiger partial charge >= 0.3 is 0 Å². The summed E-state index contributed by atoms with van der Waals surface area (Å²) in [6.07, 6.45) is 5.33. The summed E-state index contributed by atoms with van der Waals surface area (Å²) in [5.41, 5.74) is 7.71. The van der Waals surface area contributed by atoms with Crippen molar-refractivity contribution in [1.82, 2.24) is 0 Å². The molecule has 0 aromatic heterocycles. The molecular formula is C15H22ClNO. The molecule has 100 valence electrons. The van der Waals surface area contributed by atoms with Crippen molar-refractivity contribution in [2.75, 3.05) is 0 Å². The fourth-order valence-electron chi connectivity index (χ4n) is 2.44. The molecule has 2 N–H and O–H groups in total. The van der Waals surface area contributed by atoms with Gasteiger partial charge in [0.15, 0.2) is 0 Å². The van der Waals surface area contributed by atoms with Gasteiger partial charge in [0.2, 0.25) is 0 Å². The molecule has 0 unspecified atom stereocenters. The molecule has 0 aliphatic heterocycles. The number of nitrogens with two attached hydrogens (primary N) is 1. The third-order valence-corrected chi connectivity index (χ3v) is 4.14. The minimum atomic E-state index is 0.409. The molecule has 1 aromatic carbocycles. The summed E-state index contributed by atoms with van der Waals surface area (Å²) < 4.78 is 5.96. The van der Waals surface area contributed by atoms with Crippen molar-refractivity contribution in [3.8, 4) is 0 Å². The van der Waals surface area contributed by atoms with E-state index in [-0.39, 0.29) is 0 Å². The van der Waals surface area contributed by atoms with Crippen LogP contribution in [0.3, 0.4) is 0 Å². The Morgan fingerprint density at radius 1 is 1.28 bits per heavy atom. The van der Waals surface area contributed by atoms with E-state index in [4.69, 9.17) is 22.1 Å². The Labute approximate surface area is 114 Å². The van der Waals surface area contributed by atoms with E-state index in [0.29, 0.717) is 19.3 Å². The molecular weight excluding hydrogens is 246 g/mol. The van der Waals surface area contributed by atoms with Gasteiger partial charge < -0.3 is 10.5 Å². The minimum Gasteiger partial charge on any atom is -0.373 e. The van der Waals surface area contributed by atoms with Gasteiger partial charge in [-0.3, -0.25) is 0 Å². The predicted molar refractivity (Wildman–Crippen MR) is 75.6 cm³/mol. The van der Waals surface area contributed by atoms with Crippen molar-refractivity contribution in [2.24, 2.45) is 11.7 Å². The third kappa shape index (κ3) is 3.71. The van der Waals surface area contributed by atoms with Crippen LogP contribution in [0.5, 0.6) is 0 Å². The lowest BCUT2D eigenvalue weighted by molar-refractivity contribution is 0.00880. The maximum absolute atomic E-state index is 6.21. The van der Waals surface area contributed by atoms with Gasteiger partial charge in [0, 0.05) is 11.6 Å². The molecule has 2 rings (SSSR count).